The highest BCUT2D eigenvalue weighted by Gasteiger charge is 2.42. The van der Waals surface area contributed by atoms with E-state index >= 15 is 0 Å². The second-order valence-corrected chi connectivity index (χ2v) is 8.31. The van der Waals surface area contributed by atoms with Crippen LogP contribution in [0, 0.1) is 5.92 Å². The molecule has 0 spiro atoms. The molecule has 0 bridgehead atoms. The van der Waals surface area contributed by atoms with Gasteiger partial charge in [0.1, 0.15) is 11.8 Å². The molecule has 2 aromatic carbocycles. The van der Waals surface area contributed by atoms with Crippen LogP contribution in [-0.2, 0) is 26.2 Å². The number of rotatable bonds is 6. The molecule has 0 saturated carbocycles. The first kappa shape index (κ1) is 21.8. The topological polar surface area (TPSA) is 87.7 Å². The van der Waals surface area contributed by atoms with Gasteiger partial charge in [0.25, 0.3) is 0 Å². The van der Waals surface area contributed by atoms with Gasteiger partial charge < -0.3 is 20.5 Å². The number of carbonyl (C=O) groups excluding carboxylic acids is 2. The minimum absolute atomic E-state index is 0.217. The van der Waals surface area contributed by atoms with Gasteiger partial charge in [-0.1, -0.05) is 56.3 Å². The first-order valence-corrected chi connectivity index (χ1v) is 10.3. The molecule has 0 aromatic heterocycles. The summed E-state index contributed by atoms with van der Waals surface area (Å²) in [6.45, 7) is 4.92. The van der Waals surface area contributed by atoms with Crippen molar-refractivity contribution in [1.82, 2.24) is 10.6 Å². The van der Waals surface area contributed by atoms with E-state index in [1.54, 1.807) is 12.1 Å². The van der Waals surface area contributed by atoms with Gasteiger partial charge in [0.05, 0.1) is 13.2 Å². The molecule has 6 nitrogen and oxygen atoms in total. The molecule has 3 N–H and O–H groups in total. The largest absolute Gasteiger partial charge is 0.508 e. The van der Waals surface area contributed by atoms with Gasteiger partial charge in [-0.05, 0) is 47.6 Å². The molecular weight excluding hydrogens is 380 g/mol. The van der Waals surface area contributed by atoms with Gasteiger partial charge in [-0.2, -0.15) is 0 Å². The van der Waals surface area contributed by atoms with Crippen LogP contribution in [0.15, 0.2) is 54.6 Å². The average molecular weight is 411 g/mol. The van der Waals surface area contributed by atoms with Crippen LogP contribution in [-0.4, -0.2) is 42.7 Å². The fraction of sp³-hybridized carbons (Fsp3) is 0.417. The van der Waals surface area contributed by atoms with Crippen molar-refractivity contribution in [3.8, 4) is 5.75 Å². The summed E-state index contributed by atoms with van der Waals surface area (Å²) < 4.78 is 4.91. The number of methoxy groups -OCH3 is 1. The lowest BCUT2D eigenvalue weighted by Gasteiger charge is -2.44. The van der Waals surface area contributed by atoms with Crippen LogP contribution in [0.3, 0.4) is 0 Å². The molecule has 6 heteroatoms. The number of ether oxygens (including phenoxy) is 1. The molecule has 1 aliphatic heterocycles. The number of carbonyl (C=O) groups is 2. The molecule has 160 valence electrons. The average Bonchev–Trinajstić information content (AvgIpc) is 2.75. The third-order valence-corrected chi connectivity index (χ3v) is 6.29. The second-order valence-electron chi connectivity index (χ2n) is 8.31. The van der Waals surface area contributed by atoms with E-state index in [1.807, 2.05) is 42.5 Å². The second kappa shape index (κ2) is 9.30. The Morgan fingerprint density at radius 2 is 1.97 bits per heavy atom. The molecule has 1 aliphatic rings. The zero-order chi connectivity index (χ0) is 21.7. The highest BCUT2D eigenvalue weighted by Crippen LogP contribution is 2.40. The Morgan fingerprint density at radius 3 is 2.63 bits per heavy atom. The molecule has 3 rings (SSSR count). The lowest BCUT2D eigenvalue weighted by molar-refractivity contribution is -0.145. The number of nitrogens with one attached hydrogen (secondary N) is 2. The van der Waals surface area contributed by atoms with Gasteiger partial charge in [0, 0.05) is 6.42 Å². The predicted octanol–water partition coefficient (Wildman–Crippen LogP) is 2.55. The third-order valence-electron chi connectivity index (χ3n) is 6.29. The quantitative estimate of drug-likeness (QED) is 0.637. The number of phenols is 1. The molecule has 0 radical (unpaired) electrons. The summed E-state index contributed by atoms with van der Waals surface area (Å²) in [5, 5.41) is 16.1. The van der Waals surface area contributed by atoms with Gasteiger partial charge in [-0.3, -0.25) is 4.79 Å². The van der Waals surface area contributed by atoms with Crippen molar-refractivity contribution < 1.29 is 19.4 Å². The van der Waals surface area contributed by atoms with E-state index in [-0.39, 0.29) is 23.0 Å². The van der Waals surface area contributed by atoms with Crippen molar-refractivity contribution in [3.63, 3.8) is 0 Å². The van der Waals surface area contributed by atoms with E-state index in [0.717, 1.165) is 11.1 Å². The summed E-state index contributed by atoms with van der Waals surface area (Å²) in [4.78, 5) is 25.4. The summed E-state index contributed by atoms with van der Waals surface area (Å²) in [6.07, 6.45) is 0.925. The van der Waals surface area contributed by atoms with E-state index in [1.165, 1.54) is 7.11 Å². The van der Waals surface area contributed by atoms with Gasteiger partial charge in [-0.25, -0.2) is 4.79 Å². The van der Waals surface area contributed by atoms with Crippen molar-refractivity contribution in [2.24, 2.45) is 5.92 Å². The smallest absolute Gasteiger partial charge is 0.328 e. The molecule has 0 aliphatic carbocycles. The normalized spacial score (nSPS) is 24.6. The standard InChI is InChI=1S/C24H30N2O4/c1-16-15-25-21(14-24(16,2)18-10-7-11-19(27)13-18)22(28)26-20(23(29)30-3)12-17-8-5-4-6-9-17/h4-11,13,16,20-21,25,27H,12,14-15H2,1-3H3,(H,26,28)/t16-,20+,21+,24+/m0/s1. The van der Waals surface area contributed by atoms with E-state index in [9.17, 15) is 14.7 Å². The van der Waals surface area contributed by atoms with Crippen LogP contribution in [0.25, 0.3) is 0 Å². The summed E-state index contributed by atoms with van der Waals surface area (Å²) in [5.74, 6) is -0.204. The molecule has 4 atom stereocenters. The fourth-order valence-corrected chi connectivity index (χ4v) is 4.15. The molecule has 1 heterocycles. The zero-order valence-electron chi connectivity index (χ0n) is 17.7. The summed E-state index contributed by atoms with van der Waals surface area (Å²) in [7, 11) is 1.33. The first-order chi connectivity index (χ1) is 14.3. The zero-order valence-corrected chi connectivity index (χ0v) is 17.7. The molecule has 0 unspecified atom stereocenters. The Bertz CT molecular complexity index is 886. The van der Waals surface area contributed by atoms with Crippen LogP contribution < -0.4 is 10.6 Å². The van der Waals surface area contributed by atoms with Gasteiger partial charge in [0.15, 0.2) is 0 Å². The molecule has 30 heavy (non-hydrogen) atoms. The van der Waals surface area contributed by atoms with Crippen molar-refractivity contribution >= 4 is 11.9 Å². The first-order valence-electron chi connectivity index (χ1n) is 10.3. The lowest BCUT2D eigenvalue weighted by atomic mass is 9.66. The minimum atomic E-state index is -0.752. The lowest BCUT2D eigenvalue weighted by Crippen LogP contribution is -2.58. The monoisotopic (exact) mass is 410 g/mol. The van der Waals surface area contributed by atoms with Crippen molar-refractivity contribution in [2.75, 3.05) is 13.7 Å². The van der Waals surface area contributed by atoms with Crippen molar-refractivity contribution in [1.29, 1.82) is 0 Å². The fourth-order valence-electron chi connectivity index (χ4n) is 4.15. The predicted molar refractivity (Wildman–Crippen MR) is 115 cm³/mol. The summed E-state index contributed by atoms with van der Waals surface area (Å²) >= 11 is 0. The highest BCUT2D eigenvalue weighted by molar-refractivity contribution is 5.88. The Morgan fingerprint density at radius 1 is 1.23 bits per heavy atom. The van der Waals surface area contributed by atoms with E-state index in [4.69, 9.17) is 4.74 Å². The van der Waals surface area contributed by atoms with Gasteiger partial charge in [0.2, 0.25) is 5.91 Å². The number of esters is 1. The third kappa shape index (κ3) is 4.82. The van der Waals surface area contributed by atoms with Crippen LogP contribution in [0.2, 0.25) is 0 Å². The molecular formula is C24H30N2O4. The number of piperidine rings is 1. The SMILES string of the molecule is COC(=O)[C@@H](Cc1ccccc1)NC(=O)[C@H]1C[C@@](C)(c2cccc(O)c2)[C@@H](C)CN1. The van der Waals surface area contributed by atoms with E-state index in [0.29, 0.717) is 19.4 Å². The summed E-state index contributed by atoms with van der Waals surface area (Å²) in [6, 6.07) is 15.6. The maximum Gasteiger partial charge on any atom is 0.328 e. The minimum Gasteiger partial charge on any atom is -0.508 e. The van der Waals surface area contributed by atoms with Crippen LogP contribution in [0.5, 0.6) is 5.75 Å². The van der Waals surface area contributed by atoms with Crippen molar-refractivity contribution in [2.45, 2.75) is 44.2 Å². The maximum absolute atomic E-state index is 13.1. The number of hydrogen-bond acceptors (Lipinski definition) is 5. The van der Waals surface area contributed by atoms with Gasteiger partial charge in [-0.15, -0.1) is 0 Å². The highest BCUT2D eigenvalue weighted by atomic mass is 16.5. The Hall–Kier alpha value is -2.86. The number of hydrogen-bond donors (Lipinski definition) is 3. The number of phenolic OH excluding ortho intramolecular Hbond substituents is 1. The Labute approximate surface area is 177 Å². The van der Waals surface area contributed by atoms with Crippen LogP contribution in [0.4, 0.5) is 0 Å². The van der Waals surface area contributed by atoms with Crippen LogP contribution >= 0.6 is 0 Å². The summed E-state index contributed by atoms with van der Waals surface area (Å²) in [5.41, 5.74) is 1.66. The van der Waals surface area contributed by atoms with Crippen molar-refractivity contribution in [3.05, 3.63) is 65.7 Å². The van der Waals surface area contributed by atoms with Gasteiger partial charge >= 0.3 is 5.97 Å². The van der Waals surface area contributed by atoms with Crippen LogP contribution in [0.1, 0.15) is 31.4 Å². The number of benzene rings is 2. The number of amides is 1. The Kier molecular flexibility index (Phi) is 6.77. The molecule has 2 aromatic rings. The molecule has 1 fully saturated rings. The Balaban J connectivity index is 1.75. The van der Waals surface area contributed by atoms with E-state index in [2.05, 4.69) is 24.5 Å². The molecule has 1 saturated heterocycles. The number of aromatic hydroxyl groups is 1. The maximum atomic E-state index is 13.1. The molecule has 1 amide bonds. The van der Waals surface area contributed by atoms with E-state index < -0.39 is 18.1 Å².